The zero-order chi connectivity index (χ0) is 26.1. The Kier molecular flexibility index (Phi) is 9.27. The lowest BCUT2D eigenvalue weighted by Gasteiger charge is -2.33. The Labute approximate surface area is 204 Å². The van der Waals surface area contributed by atoms with E-state index in [1.165, 1.54) is 7.05 Å². The number of likely N-dealkylation sites (N-methyl/N-ethyl adjacent to an activating group) is 1. The molecule has 0 spiro atoms. The number of ether oxygens (including phenoxy) is 1. The van der Waals surface area contributed by atoms with Gasteiger partial charge in [0.1, 0.15) is 0 Å². The van der Waals surface area contributed by atoms with Crippen LogP contribution in [-0.4, -0.2) is 43.4 Å². The standard InChI is InChI=1S/C14H19NO3.C12H12N2O3/c1-4-14(12(16)15-3,13(17)18-5-2)11-9-7-6-8-10-11;1-2-12(8-6-4-3-5-7-8)9(15)13-11(17)14-10(12)16/h6-10H,4-5H2,1-3H3,(H,15,16);3-7H,2H2,1H3,(H2,13,14,15,16,17). The van der Waals surface area contributed by atoms with E-state index in [0.717, 1.165) is 0 Å². The minimum Gasteiger partial charge on any atom is -0.465 e. The molecule has 2 aromatic rings. The molecule has 5 amide bonds. The van der Waals surface area contributed by atoms with Gasteiger partial charge in [-0.2, -0.15) is 0 Å². The highest BCUT2D eigenvalue weighted by Crippen LogP contribution is 2.31. The summed E-state index contributed by atoms with van der Waals surface area (Å²) in [5.74, 6) is -1.98. The monoisotopic (exact) mass is 481 g/mol. The highest BCUT2D eigenvalue weighted by atomic mass is 16.5. The van der Waals surface area contributed by atoms with Crippen LogP contribution in [0.3, 0.4) is 0 Å². The van der Waals surface area contributed by atoms with Crippen molar-refractivity contribution in [1.29, 1.82) is 0 Å². The SMILES string of the molecule is CCC1(c2ccccc2)C(=O)NC(=O)NC1=O.CCOC(=O)C(CC)(C(=O)NC)c1ccccc1. The molecule has 2 aromatic carbocycles. The van der Waals surface area contributed by atoms with E-state index in [1.54, 1.807) is 63.2 Å². The van der Waals surface area contributed by atoms with Crippen molar-refractivity contribution in [1.82, 2.24) is 16.0 Å². The third kappa shape index (κ3) is 5.24. The topological polar surface area (TPSA) is 131 Å². The second kappa shape index (κ2) is 11.9. The summed E-state index contributed by atoms with van der Waals surface area (Å²) in [4.78, 5) is 59.4. The molecule has 1 fully saturated rings. The summed E-state index contributed by atoms with van der Waals surface area (Å²) in [5, 5.41) is 6.84. The molecular weight excluding hydrogens is 450 g/mol. The first-order valence-corrected chi connectivity index (χ1v) is 11.4. The van der Waals surface area contributed by atoms with Crippen molar-refractivity contribution < 1.29 is 28.7 Å². The summed E-state index contributed by atoms with van der Waals surface area (Å²) in [6.45, 7) is 5.53. The molecule has 1 unspecified atom stereocenters. The molecule has 35 heavy (non-hydrogen) atoms. The Morgan fingerprint density at radius 2 is 1.40 bits per heavy atom. The summed E-state index contributed by atoms with van der Waals surface area (Å²) in [6.07, 6.45) is 0.650. The van der Waals surface area contributed by atoms with Gasteiger partial charge in [-0.3, -0.25) is 29.8 Å². The molecule has 1 atom stereocenters. The van der Waals surface area contributed by atoms with Crippen molar-refractivity contribution in [3.8, 4) is 0 Å². The average molecular weight is 482 g/mol. The highest BCUT2D eigenvalue weighted by Gasteiger charge is 2.50. The second-order valence-corrected chi connectivity index (χ2v) is 7.79. The Bertz CT molecular complexity index is 1050. The molecule has 3 N–H and O–H groups in total. The number of benzene rings is 2. The first-order chi connectivity index (χ1) is 16.7. The molecule has 0 saturated carbocycles. The van der Waals surface area contributed by atoms with Crippen molar-refractivity contribution in [2.45, 2.75) is 44.4 Å². The molecule has 1 aliphatic heterocycles. The number of carbonyl (C=O) groups excluding carboxylic acids is 5. The van der Waals surface area contributed by atoms with Crippen molar-refractivity contribution >= 4 is 29.7 Å². The minimum atomic E-state index is -1.31. The van der Waals surface area contributed by atoms with Gasteiger partial charge in [0.2, 0.25) is 17.7 Å². The van der Waals surface area contributed by atoms with E-state index < -0.39 is 34.6 Å². The molecule has 1 saturated heterocycles. The summed E-state index contributed by atoms with van der Waals surface area (Å²) < 4.78 is 5.08. The average Bonchev–Trinajstić information content (AvgIpc) is 2.86. The van der Waals surface area contributed by atoms with E-state index >= 15 is 0 Å². The van der Waals surface area contributed by atoms with Crippen LogP contribution >= 0.6 is 0 Å². The van der Waals surface area contributed by atoms with Crippen molar-refractivity contribution in [3.63, 3.8) is 0 Å². The zero-order valence-corrected chi connectivity index (χ0v) is 20.3. The quantitative estimate of drug-likeness (QED) is 0.411. The van der Waals surface area contributed by atoms with Crippen molar-refractivity contribution in [3.05, 3.63) is 71.8 Å². The van der Waals surface area contributed by atoms with Crippen LogP contribution < -0.4 is 16.0 Å². The van der Waals surface area contributed by atoms with Crippen LogP contribution in [0.4, 0.5) is 4.79 Å². The van der Waals surface area contributed by atoms with Gasteiger partial charge in [-0.05, 0) is 30.9 Å². The molecule has 1 aliphatic rings. The van der Waals surface area contributed by atoms with E-state index in [-0.39, 0.29) is 12.5 Å². The van der Waals surface area contributed by atoms with Crippen LogP contribution in [-0.2, 0) is 34.7 Å². The number of hydrogen-bond acceptors (Lipinski definition) is 6. The van der Waals surface area contributed by atoms with Crippen molar-refractivity contribution in [2.75, 3.05) is 13.7 Å². The van der Waals surface area contributed by atoms with Gasteiger partial charge in [-0.1, -0.05) is 74.5 Å². The first-order valence-electron chi connectivity index (χ1n) is 11.4. The number of carbonyl (C=O) groups is 5. The van der Waals surface area contributed by atoms with Gasteiger partial charge in [0.15, 0.2) is 10.8 Å². The first kappa shape index (κ1) is 27.2. The molecule has 0 aliphatic carbocycles. The highest BCUT2D eigenvalue weighted by molar-refractivity contribution is 6.22. The molecule has 0 aromatic heterocycles. The Balaban J connectivity index is 0.000000247. The Morgan fingerprint density at radius 1 is 0.886 bits per heavy atom. The summed E-state index contributed by atoms with van der Waals surface area (Å²) in [5.41, 5.74) is -1.32. The molecule has 3 rings (SSSR count). The summed E-state index contributed by atoms with van der Waals surface area (Å²) in [7, 11) is 1.52. The number of nitrogens with one attached hydrogen (secondary N) is 3. The smallest absolute Gasteiger partial charge is 0.328 e. The molecule has 9 heteroatoms. The fraction of sp³-hybridized carbons (Fsp3) is 0.346. The van der Waals surface area contributed by atoms with E-state index in [9.17, 15) is 24.0 Å². The third-order valence-corrected chi connectivity index (χ3v) is 6.06. The summed E-state index contributed by atoms with van der Waals surface area (Å²) >= 11 is 0. The Morgan fingerprint density at radius 3 is 1.83 bits per heavy atom. The zero-order valence-electron chi connectivity index (χ0n) is 20.3. The maximum Gasteiger partial charge on any atom is 0.328 e. The normalized spacial score (nSPS) is 15.9. The molecular formula is C26H31N3O6. The van der Waals surface area contributed by atoms with Crippen LogP contribution in [0.15, 0.2) is 60.7 Å². The number of barbiturate groups is 1. The van der Waals surface area contributed by atoms with E-state index in [2.05, 4.69) is 16.0 Å². The van der Waals surface area contributed by atoms with Gasteiger partial charge in [-0.25, -0.2) is 4.79 Å². The van der Waals surface area contributed by atoms with Crippen LogP contribution in [0.1, 0.15) is 44.7 Å². The fourth-order valence-corrected chi connectivity index (χ4v) is 4.11. The number of imide groups is 2. The van der Waals surface area contributed by atoms with E-state index in [0.29, 0.717) is 24.0 Å². The van der Waals surface area contributed by atoms with Crippen LogP contribution in [0.2, 0.25) is 0 Å². The predicted octanol–water partition coefficient (Wildman–Crippen LogP) is 2.34. The lowest BCUT2D eigenvalue weighted by Crippen LogP contribution is -2.64. The molecule has 0 bridgehead atoms. The number of hydrogen-bond donors (Lipinski definition) is 3. The van der Waals surface area contributed by atoms with Gasteiger partial charge in [0, 0.05) is 7.05 Å². The lowest BCUT2D eigenvalue weighted by atomic mass is 9.75. The van der Waals surface area contributed by atoms with Crippen LogP contribution in [0.5, 0.6) is 0 Å². The largest absolute Gasteiger partial charge is 0.465 e. The molecule has 1 heterocycles. The number of rotatable bonds is 7. The van der Waals surface area contributed by atoms with Gasteiger partial charge >= 0.3 is 12.0 Å². The van der Waals surface area contributed by atoms with E-state index in [1.807, 2.05) is 18.2 Å². The summed E-state index contributed by atoms with van der Waals surface area (Å²) in [6, 6.07) is 17.0. The van der Waals surface area contributed by atoms with E-state index in [4.69, 9.17) is 4.74 Å². The fourth-order valence-electron chi connectivity index (χ4n) is 4.11. The lowest BCUT2D eigenvalue weighted by molar-refractivity contribution is -0.155. The number of amides is 5. The van der Waals surface area contributed by atoms with Gasteiger partial charge in [-0.15, -0.1) is 0 Å². The third-order valence-electron chi connectivity index (χ3n) is 6.06. The second-order valence-electron chi connectivity index (χ2n) is 7.79. The van der Waals surface area contributed by atoms with Crippen molar-refractivity contribution in [2.24, 2.45) is 0 Å². The number of esters is 1. The minimum absolute atomic E-state index is 0.254. The maximum absolute atomic E-state index is 12.2. The Hall–Kier alpha value is -4.01. The van der Waals surface area contributed by atoms with Gasteiger partial charge in [0.05, 0.1) is 6.61 Å². The van der Waals surface area contributed by atoms with Crippen LogP contribution in [0, 0.1) is 0 Å². The molecule has 9 nitrogen and oxygen atoms in total. The molecule has 0 radical (unpaired) electrons. The van der Waals surface area contributed by atoms with Gasteiger partial charge < -0.3 is 10.1 Å². The maximum atomic E-state index is 12.2. The predicted molar refractivity (Wildman–Crippen MR) is 129 cm³/mol. The van der Waals surface area contributed by atoms with Gasteiger partial charge in [0.25, 0.3) is 0 Å². The van der Waals surface area contributed by atoms with Crippen LogP contribution in [0.25, 0.3) is 0 Å². The number of urea groups is 1. The molecule has 186 valence electrons.